The lowest BCUT2D eigenvalue weighted by atomic mass is 10.2. The van der Waals surface area contributed by atoms with Crippen LogP contribution in [0.5, 0.6) is 0 Å². The lowest BCUT2D eigenvalue weighted by Crippen LogP contribution is -2.31. The van der Waals surface area contributed by atoms with E-state index in [0.29, 0.717) is 6.61 Å². The van der Waals surface area contributed by atoms with E-state index in [-0.39, 0.29) is 0 Å². The first-order valence-corrected chi connectivity index (χ1v) is 3.80. The van der Waals surface area contributed by atoms with Crippen LogP contribution in [-0.4, -0.2) is 17.0 Å². The van der Waals surface area contributed by atoms with Crippen molar-refractivity contribution in [3.05, 3.63) is 0 Å². The molecule has 0 rings (SSSR count). The quantitative estimate of drug-likeness (QED) is 0.593. The van der Waals surface area contributed by atoms with Crippen molar-refractivity contribution in [3.63, 3.8) is 0 Å². The van der Waals surface area contributed by atoms with Crippen LogP contribution in [0.15, 0.2) is 0 Å². The third kappa shape index (κ3) is 3.29. The van der Waals surface area contributed by atoms with Crippen molar-refractivity contribution in [2.45, 2.75) is 31.2 Å². The summed E-state index contributed by atoms with van der Waals surface area (Å²) in [5.41, 5.74) is -0.419. The van der Waals surface area contributed by atoms with Crippen LogP contribution in [0.25, 0.3) is 0 Å². The van der Waals surface area contributed by atoms with Gasteiger partial charge in [-0.25, -0.2) is 0 Å². The second-order valence-corrected chi connectivity index (χ2v) is 3.43. The van der Waals surface area contributed by atoms with Crippen LogP contribution >= 0.6 is 23.2 Å². The lowest BCUT2D eigenvalue weighted by Gasteiger charge is -2.25. The van der Waals surface area contributed by atoms with Gasteiger partial charge in [0, 0.05) is 6.61 Å². The molecule has 0 aromatic heterocycles. The van der Waals surface area contributed by atoms with Crippen molar-refractivity contribution in [3.8, 4) is 0 Å². The van der Waals surface area contributed by atoms with E-state index in [1.807, 2.05) is 20.8 Å². The Morgan fingerprint density at radius 3 is 2.00 bits per heavy atom. The molecule has 0 aliphatic carbocycles. The maximum absolute atomic E-state index is 5.59. The van der Waals surface area contributed by atoms with E-state index in [1.165, 1.54) is 0 Å². The van der Waals surface area contributed by atoms with E-state index >= 15 is 0 Å². The van der Waals surface area contributed by atoms with Crippen LogP contribution in [0.2, 0.25) is 0 Å². The highest BCUT2D eigenvalue weighted by Gasteiger charge is 2.25. The number of alkyl halides is 2. The number of rotatable bonds is 3. The number of ether oxygens (including phenoxy) is 1. The van der Waals surface area contributed by atoms with Gasteiger partial charge in [-0.05, 0) is 20.8 Å². The maximum Gasteiger partial charge on any atom is 0.136 e. The minimum atomic E-state index is -0.461. The second kappa shape index (κ2) is 3.65. The molecule has 0 spiro atoms. The Bertz CT molecular complexity index is 81.1. The minimum Gasteiger partial charge on any atom is -0.373 e. The first kappa shape index (κ1) is 9.54. The van der Waals surface area contributed by atoms with Crippen molar-refractivity contribution < 1.29 is 4.74 Å². The Balaban J connectivity index is 3.70. The predicted molar refractivity (Wildman–Crippen MR) is 41.2 cm³/mol. The molecule has 9 heavy (non-hydrogen) atoms. The maximum atomic E-state index is 5.59. The number of hydrogen-bond acceptors (Lipinski definition) is 1. The van der Waals surface area contributed by atoms with Gasteiger partial charge in [0.05, 0.1) is 5.60 Å². The van der Waals surface area contributed by atoms with Gasteiger partial charge in [0.1, 0.15) is 4.84 Å². The van der Waals surface area contributed by atoms with Gasteiger partial charge < -0.3 is 4.74 Å². The van der Waals surface area contributed by atoms with Crippen molar-refractivity contribution >= 4 is 23.2 Å². The highest BCUT2D eigenvalue weighted by atomic mass is 35.5. The fraction of sp³-hybridized carbons (Fsp3) is 1.00. The smallest absolute Gasteiger partial charge is 0.136 e. The molecule has 0 aromatic rings. The molecule has 56 valence electrons. The van der Waals surface area contributed by atoms with Crippen molar-refractivity contribution in [2.24, 2.45) is 0 Å². The average Bonchev–Trinajstić information content (AvgIpc) is 1.65. The van der Waals surface area contributed by atoms with Crippen molar-refractivity contribution in [2.75, 3.05) is 6.61 Å². The van der Waals surface area contributed by atoms with Gasteiger partial charge in [-0.15, -0.1) is 23.2 Å². The Morgan fingerprint density at radius 2 is 1.89 bits per heavy atom. The predicted octanol–water partition coefficient (Wildman–Crippen LogP) is 2.61. The highest BCUT2D eigenvalue weighted by molar-refractivity contribution is 6.45. The molecule has 0 fully saturated rings. The van der Waals surface area contributed by atoms with Gasteiger partial charge in [-0.3, -0.25) is 0 Å². The molecule has 0 atom stereocenters. The molecular weight excluding hydrogens is 159 g/mol. The monoisotopic (exact) mass is 170 g/mol. The molecule has 0 bridgehead atoms. The first-order valence-electron chi connectivity index (χ1n) is 2.93. The molecule has 0 radical (unpaired) electrons. The van der Waals surface area contributed by atoms with Crippen molar-refractivity contribution in [1.29, 1.82) is 0 Å². The van der Waals surface area contributed by atoms with E-state index in [1.54, 1.807) is 0 Å². The van der Waals surface area contributed by atoms with E-state index < -0.39 is 10.4 Å². The minimum absolute atomic E-state index is 0.419. The normalized spacial score (nSPS) is 12.7. The zero-order chi connectivity index (χ0) is 7.49. The fourth-order valence-corrected chi connectivity index (χ4v) is 0.561. The molecular formula is C6H12Cl2O. The zero-order valence-electron chi connectivity index (χ0n) is 5.95. The molecule has 3 heteroatoms. The molecule has 0 N–H and O–H groups in total. The summed E-state index contributed by atoms with van der Waals surface area (Å²) in [5, 5.41) is 0. The number of halogens is 2. The van der Waals surface area contributed by atoms with Crippen LogP contribution in [0.4, 0.5) is 0 Å². The van der Waals surface area contributed by atoms with Gasteiger partial charge in [0.15, 0.2) is 0 Å². The summed E-state index contributed by atoms with van der Waals surface area (Å²) in [4.78, 5) is -0.461. The summed E-state index contributed by atoms with van der Waals surface area (Å²) >= 11 is 11.2. The molecule has 0 aromatic carbocycles. The lowest BCUT2D eigenvalue weighted by molar-refractivity contribution is 0.000824. The van der Waals surface area contributed by atoms with Gasteiger partial charge in [-0.2, -0.15) is 0 Å². The second-order valence-electron chi connectivity index (χ2n) is 2.34. The molecule has 0 saturated carbocycles. The summed E-state index contributed by atoms with van der Waals surface area (Å²) in [6, 6.07) is 0. The molecule has 0 aliphatic heterocycles. The van der Waals surface area contributed by atoms with E-state index in [9.17, 15) is 0 Å². The van der Waals surface area contributed by atoms with Gasteiger partial charge in [-0.1, -0.05) is 0 Å². The van der Waals surface area contributed by atoms with E-state index in [2.05, 4.69) is 0 Å². The summed E-state index contributed by atoms with van der Waals surface area (Å²) in [5.74, 6) is 0. The van der Waals surface area contributed by atoms with Gasteiger partial charge in [0.25, 0.3) is 0 Å². The standard InChI is InChI=1S/C6H12Cl2O/c1-4-9-6(2,3)5(7)8/h5H,4H2,1-3H3. The van der Waals surface area contributed by atoms with Crippen LogP contribution < -0.4 is 0 Å². The Labute approximate surface area is 66.3 Å². The molecule has 0 saturated heterocycles. The van der Waals surface area contributed by atoms with Gasteiger partial charge in [0.2, 0.25) is 0 Å². The third-order valence-electron chi connectivity index (χ3n) is 1.04. The van der Waals surface area contributed by atoms with Gasteiger partial charge >= 0.3 is 0 Å². The molecule has 0 unspecified atom stereocenters. The Morgan fingerprint density at radius 1 is 1.44 bits per heavy atom. The Hall–Kier alpha value is 0.540. The summed E-state index contributed by atoms with van der Waals surface area (Å²) < 4.78 is 5.23. The van der Waals surface area contributed by atoms with E-state index in [4.69, 9.17) is 27.9 Å². The topological polar surface area (TPSA) is 9.23 Å². The molecule has 0 aliphatic rings. The average molecular weight is 171 g/mol. The molecule has 0 heterocycles. The van der Waals surface area contributed by atoms with Crippen LogP contribution in [-0.2, 0) is 4.74 Å². The third-order valence-corrected chi connectivity index (χ3v) is 2.09. The van der Waals surface area contributed by atoms with Crippen molar-refractivity contribution in [1.82, 2.24) is 0 Å². The first-order chi connectivity index (χ1) is 4.00. The van der Waals surface area contributed by atoms with Crippen LogP contribution in [0.1, 0.15) is 20.8 Å². The van der Waals surface area contributed by atoms with E-state index in [0.717, 1.165) is 0 Å². The zero-order valence-corrected chi connectivity index (χ0v) is 7.46. The molecule has 0 amide bonds. The van der Waals surface area contributed by atoms with Crippen LogP contribution in [0.3, 0.4) is 0 Å². The highest BCUT2D eigenvalue weighted by Crippen LogP contribution is 2.22. The number of hydrogen-bond donors (Lipinski definition) is 0. The fourth-order valence-electron chi connectivity index (χ4n) is 0.435. The summed E-state index contributed by atoms with van der Waals surface area (Å²) in [7, 11) is 0. The summed E-state index contributed by atoms with van der Waals surface area (Å²) in [6.45, 7) is 6.28. The van der Waals surface area contributed by atoms with Crippen LogP contribution in [0, 0.1) is 0 Å². The SMILES string of the molecule is CCOC(C)(C)C(Cl)Cl. The Kier molecular flexibility index (Phi) is 3.86. The summed E-state index contributed by atoms with van der Waals surface area (Å²) in [6.07, 6.45) is 0. The largest absolute Gasteiger partial charge is 0.373 e. The molecule has 1 nitrogen and oxygen atoms in total.